The van der Waals surface area contributed by atoms with Crippen LogP contribution in [0.2, 0.25) is 0 Å². The molecule has 130 valence electrons. The van der Waals surface area contributed by atoms with Crippen molar-refractivity contribution in [2.24, 2.45) is 0 Å². The van der Waals surface area contributed by atoms with Crippen LogP contribution in [0.5, 0.6) is 0 Å². The maximum atomic E-state index is 12.4. The summed E-state index contributed by atoms with van der Waals surface area (Å²) < 4.78 is 34.1. The lowest BCUT2D eigenvalue weighted by atomic mass is 9.97. The fraction of sp³-hybridized carbons (Fsp3) is 0.471. The first kappa shape index (κ1) is 17.0. The molecule has 1 N–H and O–H groups in total. The van der Waals surface area contributed by atoms with Crippen LogP contribution >= 0.6 is 0 Å². The number of allylic oxidation sites excluding steroid dienone is 1. The molecule has 1 aromatic carbocycles. The van der Waals surface area contributed by atoms with Gasteiger partial charge in [-0.15, -0.1) is 0 Å². The van der Waals surface area contributed by atoms with Gasteiger partial charge in [0.15, 0.2) is 5.58 Å². The van der Waals surface area contributed by atoms with Crippen LogP contribution in [0.15, 0.2) is 44.0 Å². The SMILES string of the molecule is CCn1c(=O)oc2cc(S(=O)(=O)NCCC3=CCCCC3)ccc21. The highest BCUT2D eigenvalue weighted by Gasteiger charge is 2.17. The zero-order valence-electron chi connectivity index (χ0n) is 13.7. The number of oxazole rings is 1. The molecule has 0 amide bonds. The van der Waals surface area contributed by atoms with Gasteiger partial charge in [-0.3, -0.25) is 4.57 Å². The van der Waals surface area contributed by atoms with Crippen LogP contribution in [0.1, 0.15) is 39.0 Å². The smallest absolute Gasteiger partial charge is 0.408 e. The zero-order chi connectivity index (χ0) is 17.2. The molecule has 1 heterocycles. The molecule has 6 nitrogen and oxygen atoms in total. The van der Waals surface area contributed by atoms with E-state index in [9.17, 15) is 13.2 Å². The van der Waals surface area contributed by atoms with Crippen molar-refractivity contribution in [2.75, 3.05) is 6.54 Å². The summed E-state index contributed by atoms with van der Waals surface area (Å²) in [6.45, 7) is 2.69. The molecule has 7 heteroatoms. The largest absolute Gasteiger partial charge is 0.419 e. The van der Waals surface area contributed by atoms with Crippen molar-refractivity contribution >= 4 is 21.1 Å². The van der Waals surface area contributed by atoms with Crippen LogP contribution in [-0.4, -0.2) is 19.5 Å². The molecule has 0 saturated carbocycles. The molecular weight excluding hydrogens is 328 g/mol. The Morgan fingerprint density at radius 2 is 2.12 bits per heavy atom. The predicted octanol–water partition coefficient (Wildman–Crippen LogP) is 2.78. The highest BCUT2D eigenvalue weighted by atomic mass is 32.2. The molecule has 1 aliphatic rings. The van der Waals surface area contributed by atoms with Crippen LogP contribution in [0.4, 0.5) is 0 Å². The second kappa shape index (κ2) is 6.94. The maximum Gasteiger partial charge on any atom is 0.419 e. The summed E-state index contributed by atoms with van der Waals surface area (Å²) in [6, 6.07) is 4.53. The van der Waals surface area contributed by atoms with Crippen molar-refractivity contribution in [3.8, 4) is 0 Å². The summed E-state index contributed by atoms with van der Waals surface area (Å²) in [5.74, 6) is -0.473. The first-order valence-corrected chi connectivity index (χ1v) is 9.80. The third kappa shape index (κ3) is 3.47. The Kier molecular flexibility index (Phi) is 4.91. The number of hydrogen-bond acceptors (Lipinski definition) is 4. The van der Waals surface area contributed by atoms with Crippen LogP contribution < -0.4 is 10.5 Å². The van der Waals surface area contributed by atoms with Gasteiger partial charge in [-0.05, 0) is 51.2 Å². The Morgan fingerprint density at radius 1 is 1.29 bits per heavy atom. The van der Waals surface area contributed by atoms with Gasteiger partial charge in [-0.1, -0.05) is 11.6 Å². The van der Waals surface area contributed by atoms with Crippen molar-refractivity contribution in [2.45, 2.75) is 50.5 Å². The molecule has 1 aliphatic carbocycles. The van der Waals surface area contributed by atoms with E-state index in [4.69, 9.17) is 4.42 Å². The van der Waals surface area contributed by atoms with E-state index in [-0.39, 0.29) is 4.90 Å². The second-order valence-electron chi connectivity index (χ2n) is 6.00. The molecule has 0 spiro atoms. The van der Waals surface area contributed by atoms with E-state index in [0.29, 0.717) is 24.2 Å². The monoisotopic (exact) mass is 350 g/mol. The molecule has 2 aromatic rings. The summed E-state index contributed by atoms with van der Waals surface area (Å²) in [4.78, 5) is 11.8. The molecular formula is C17H22N2O4S. The topological polar surface area (TPSA) is 81.3 Å². The average molecular weight is 350 g/mol. The molecule has 0 unspecified atom stereocenters. The molecule has 0 radical (unpaired) electrons. The number of benzene rings is 1. The van der Waals surface area contributed by atoms with Gasteiger partial charge in [0.05, 0.1) is 10.4 Å². The summed E-state index contributed by atoms with van der Waals surface area (Å²) in [5.41, 5.74) is 2.22. The van der Waals surface area contributed by atoms with Crippen molar-refractivity contribution in [3.05, 3.63) is 40.4 Å². The number of aromatic nitrogens is 1. The van der Waals surface area contributed by atoms with Crippen molar-refractivity contribution < 1.29 is 12.8 Å². The maximum absolute atomic E-state index is 12.4. The lowest BCUT2D eigenvalue weighted by molar-refractivity contribution is 0.512. The predicted molar refractivity (Wildman–Crippen MR) is 92.5 cm³/mol. The van der Waals surface area contributed by atoms with Crippen LogP contribution in [-0.2, 0) is 16.6 Å². The summed E-state index contributed by atoms with van der Waals surface area (Å²) >= 11 is 0. The van der Waals surface area contributed by atoms with E-state index >= 15 is 0 Å². The summed E-state index contributed by atoms with van der Waals surface area (Å²) in [7, 11) is -3.61. The summed E-state index contributed by atoms with van der Waals surface area (Å²) in [6.07, 6.45) is 7.50. The van der Waals surface area contributed by atoms with Crippen LogP contribution in [0.25, 0.3) is 11.1 Å². The fourth-order valence-corrected chi connectivity index (χ4v) is 4.12. The molecule has 24 heavy (non-hydrogen) atoms. The Bertz CT molecular complexity index is 922. The Hall–Kier alpha value is -1.86. The third-order valence-electron chi connectivity index (χ3n) is 4.39. The van der Waals surface area contributed by atoms with Crippen LogP contribution in [0, 0.1) is 0 Å². The van der Waals surface area contributed by atoms with Gasteiger partial charge in [0.1, 0.15) is 0 Å². The lowest BCUT2D eigenvalue weighted by Gasteiger charge is -2.13. The highest BCUT2D eigenvalue weighted by molar-refractivity contribution is 7.89. The van der Waals surface area contributed by atoms with E-state index in [2.05, 4.69) is 10.8 Å². The number of nitrogens with one attached hydrogen (secondary N) is 1. The quantitative estimate of drug-likeness (QED) is 0.812. The standard InChI is InChI=1S/C17H22N2O4S/c1-2-19-15-9-8-14(12-16(15)23-17(19)20)24(21,22)18-11-10-13-6-4-3-5-7-13/h6,8-9,12,18H,2-5,7,10-11H2,1H3. The normalized spacial score (nSPS) is 15.6. The minimum absolute atomic E-state index is 0.115. The van der Waals surface area contributed by atoms with Gasteiger partial charge in [-0.2, -0.15) is 0 Å². The molecule has 3 rings (SSSR count). The molecule has 0 atom stereocenters. The fourth-order valence-electron chi connectivity index (χ4n) is 3.07. The molecule has 0 aliphatic heterocycles. The van der Waals surface area contributed by atoms with Gasteiger partial charge in [-0.25, -0.2) is 17.9 Å². The molecule has 0 saturated heterocycles. The number of aryl methyl sites for hydroxylation is 1. The molecule has 0 fully saturated rings. The molecule has 0 bridgehead atoms. The van der Waals surface area contributed by atoms with Crippen molar-refractivity contribution in [1.29, 1.82) is 0 Å². The number of hydrogen-bond donors (Lipinski definition) is 1. The minimum Gasteiger partial charge on any atom is -0.408 e. The average Bonchev–Trinajstić information content (AvgIpc) is 2.89. The number of nitrogens with zero attached hydrogens (tertiary/aromatic N) is 1. The number of sulfonamides is 1. The van der Waals surface area contributed by atoms with E-state index < -0.39 is 15.8 Å². The minimum atomic E-state index is -3.61. The summed E-state index contributed by atoms with van der Waals surface area (Å²) in [5, 5.41) is 0. The van der Waals surface area contributed by atoms with E-state index in [1.54, 1.807) is 6.07 Å². The third-order valence-corrected chi connectivity index (χ3v) is 5.85. The molecule has 1 aromatic heterocycles. The van der Waals surface area contributed by atoms with Gasteiger partial charge in [0.2, 0.25) is 10.0 Å². The highest BCUT2D eigenvalue weighted by Crippen LogP contribution is 2.21. The lowest BCUT2D eigenvalue weighted by Crippen LogP contribution is -2.25. The van der Waals surface area contributed by atoms with Gasteiger partial charge in [0.25, 0.3) is 0 Å². The van der Waals surface area contributed by atoms with Crippen molar-refractivity contribution in [3.63, 3.8) is 0 Å². The van der Waals surface area contributed by atoms with Gasteiger partial charge in [0, 0.05) is 19.2 Å². The Labute approximate surface area is 141 Å². The zero-order valence-corrected chi connectivity index (χ0v) is 14.6. The second-order valence-corrected chi connectivity index (χ2v) is 7.76. The number of fused-ring (bicyclic) bond motifs is 1. The van der Waals surface area contributed by atoms with E-state index in [1.807, 2.05) is 6.92 Å². The van der Waals surface area contributed by atoms with Gasteiger partial charge < -0.3 is 4.42 Å². The van der Waals surface area contributed by atoms with Gasteiger partial charge >= 0.3 is 5.76 Å². The van der Waals surface area contributed by atoms with E-state index in [1.165, 1.54) is 35.1 Å². The Balaban J connectivity index is 1.75. The first-order chi connectivity index (χ1) is 11.5. The number of rotatable bonds is 6. The van der Waals surface area contributed by atoms with Crippen molar-refractivity contribution in [1.82, 2.24) is 9.29 Å². The van der Waals surface area contributed by atoms with E-state index in [0.717, 1.165) is 19.3 Å². The Morgan fingerprint density at radius 3 is 2.83 bits per heavy atom. The van der Waals surface area contributed by atoms with Crippen LogP contribution in [0.3, 0.4) is 0 Å². The first-order valence-electron chi connectivity index (χ1n) is 8.32.